The Morgan fingerprint density at radius 2 is 1.79 bits per heavy atom. The molecule has 0 saturated carbocycles. The Morgan fingerprint density at radius 3 is 2.50 bits per heavy atom. The summed E-state index contributed by atoms with van der Waals surface area (Å²) >= 11 is 1.66. The van der Waals surface area contributed by atoms with Crippen LogP contribution in [-0.2, 0) is 0 Å². The van der Waals surface area contributed by atoms with Crippen molar-refractivity contribution in [3.05, 3.63) is 48.8 Å². The van der Waals surface area contributed by atoms with Crippen molar-refractivity contribution in [3.8, 4) is 0 Å². The van der Waals surface area contributed by atoms with Gasteiger partial charge in [-0.3, -0.25) is 4.98 Å². The summed E-state index contributed by atoms with van der Waals surface area (Å²) in [6, 6.07) is 12.1. The zero-order chi connectivity index (χ0) is 9.80. The minimum atomic E-state index is 0.700. The summed E-state index contributed by atoms with van der Waals surface area (Å²) in [7, 11) is 5.64. The molecule has 1 nitrogen and oxygen atoms in total. The average molecular weight is 197 g/mol. The molecule has 0 spiro atoms. The Labute approximate surface area is 89.0 Å². The molecule has 1 heterocycles. The number of benzene rings is 1. The van der Waals surface area contributed by atoms with Gasteiger partial charge in [-0.15, -0.1) is 0 Å². The Bertz CT molecular complexity index is 417. The summed E-state index contributed by atoms with van der Waals surface area (Å²) in [6.45, 7) is 0. The van der Waals surface area contributed by atoms with E-state index in [9.17, 15) is 0 Å². The quantitative estimate of drug-likeness (QED) is 0.683. The maximum Gasteiger partial charge on any atom is 0.116 e. The van der Waals surface area contributed by atoms with E-state index >= 15 is 0 Å². The second-order valence-electron chi connectivity index (χ2n) is 2.87. The topological polar surface area (TPSA) is 12.9 Å². The molecule has 0 fully saturated rings. The summed E-state index contributed by atoms with van der Waals surface area (Å²) in [5.74, 6) is 0. The molecule has 0 N–H and O–H groups in total. The molecule has 0 amide bonds. The highest BCUT2D eigenvalue weighted by Gasteiger charge is 1.96. The normalized spacial score (nSPS) is 10.0. The first-order valence-electron chi connectivity index (χ1n) is 4.28. The maximum absolute atomic E-state index is 5.64. The molecule has 0 unspecified atom stereocenters. The highest BCUT2D eigenvalue weighted by molar-refractivity contribution is 7.99. The van der Waals surface area contributed by atoms with Crippen molar-refractivity contribution in [1.29, 1.82) is 0 Å². The minimum Gasteiger partial charge on any atom is -0.264 e. The van der Waals surface area contributed by atoms with Gasteiger partial charge < -0.3 is 0 Å². The van der Waals surface area contributed by atoms with Gasteiger partial charge in [0.25, 0.3) is 0 Å². The highest BCUT2D eigenvalue weighted by atomic mass is 32.2. The van der Waals surface area contributed by atoms with Gasteiger partial charge in [0.05, 0.1) is 0 Å². The van der Waals surface area contributed by atoms with Crippen LogP contribution in [0, 0.1) is 0 Å². The first kappa shape index (κ1) is 9.34. The molecule has 0 aliphatic heterocycles. The Kier molecular flexibility index (Phi) is 2.89. The van der Waals surface area contributed by atoms with Crippen molar-refractivity contribution in [1.82, 2.24) is 4.98 Å². The molecule has 2 aromatic rings. The molecular formula is C11H8BNS. The first-order valence-corrected chi connectivity index (χ1v) is 5.10. The molecular weight excluding hydrogens is 189 g/mol. The third-order valence-corrected chi connectivity index (χ3v) is 2.68. The summed E-state index contributed by atoms with van der Waals surface area (Å²) in [4.78, 5) is 6.29. The van der Waals surface area contributed by atoms with Crippen molar-refractivity contribution in [2.75, 3.05) is 0 Å². The standard InChI is InChI=1S/C11H8BNS/c12-9-6-11(8-13-7-9)14-10-4-2-1-3-5-10/h1-8H. The monoisotopic (exact) mass is 197 g/mol. The zero-order valence-electron chi connectivity index (χ0n) is 7.55. The molecule has 1 aromatic carbocycles. The van der Waals surface area contributed by atoms with Gasteiger partial charge in [-0.2, -0.15) is 0 Å². The fourth-order valence-electron chi connectivity index (χ4n) is 1.12. The van der Waals surface area contributed by atoms with Crippen molar-refractivity contribution in [2.24, 2.45) is 0 Å². The molecule has 66 valence electrons. The maximum atomic E-state index is 5.64. The molecule has 3 heteroatoms. The predicted molar refractivity (Wildman–Crippen MR) is 60.2 cm³/mol. The van der Waals surface area contributed by atoms with Gasteiger partial charge in [0, 0.05) is 22.2 Å². The van der Waals surface area contributed by atoms with E-state index in [4.69, 9.17) is 7.85 Å². The van der Waals surface area contributed by atoms with E-state index < -0.39 is 0 Å². The van der Waals surface area contributed by atoms with Crippen LogP contribution in [0.1, 0.15) is 0 Å². The van der Waals surface area contributed by atoms with E-state index in [2.05, 4.69) is 17.1 Å². The van der Waals surface area contributed by atoms with Crippen molar-refractivity contribution in [2.45, 2.75) is 9.79 Å². The summed E-state index contributed by atoms with van der Waals surface area (Å²) in [5, 5.41) is 0. The molecule has 0 aliphatic carbocycles. The van der Waals surface area contributed by atoms with Gasteiger partial charge in [0.1, 0.15) is 7.85 Å². The number of rotatable bonds is 2. The van der Waals surface area contributed by atoms with Crippen molar-refractivity contribution < 1.29 is 0 Å². The van der Waals surface area contributed by atoms with E-state index in [1.165, 1.54) is 4.90 Å². The third-order valence-electron chi connectivity index (χ3n) is 1.71. The minimum absolute atomic E-state index is 0.700. The first-order chi connectivity index (χ1) is 6.84. The number of nitrogens with zero attached hydrogens (tertiary/aromatic N) is 1. The SMILES string of the molecule is [B]c1cncc(Sc2ccccc2)c1. The van der Waals surface area contributed by atoms with Crippen LogP contribution in [0.15, 0.2) is 58.6 Å². The average Bonchev–Trinajstić information content (AvgIpc) is 2.19. The van der Waals surface area contributed by atoms with Gasteiger partial charge in [-0.05, 0) is 12.1 Å². The van der Waals surface area contributed by atoms with Gasteiger partial charge in [-0.1, -0.05) is 41.5 Å². The predicted octanol–water partition coefficient (Wildman–Crippen LogP) is 2.03. The molecule has 0 aliphatic rings. The molecule has 2 rings (SSSR count). The lowest BCUT2D eigenvalue weighted by Gasteiger charge is -2.01. The molecule has 0 bridgehead atoms. The van der Waals surface area contributed by atoms with Gasteiger partial charge in [0.15, 0.2) is 0 Å². The van der Waals surface area contributed by atoms with Crippen molar-refractivity contribution >= 4 is 25.1 Å². The molecule has 14 heavy (non-hydrogen) atoms. The number of hydrogen-bond acceptors (Lipinski definition) is 2. The lowest BCUT2D eigenvalue weighted by Crippen LogP contribution is -2.01. The Morgan fingerprint density at radius 1 is 1.00 bits per heavy atom. The number of hydrogen-bond donors (Lipinski definition) is 0. The molecule has 0 atom stereocenters. The van der Waals surface area contributed by atoms with Gasteiger partial charge in [0.2, 0.25) is 0 Å². The molecule has 2 radical (unpaired) electrons. The lowest BCUT2D eigenvalue weighted by atomic mass is 9.99. The summed E-state index contributed by atoms with van der Waals surface area (Å²) in [5.41, 5.74) is 0.700. The van der Waals surface area contributed by atoms with Crippen LogP contribution in [0.3, 0.4) is 0 Å². The van der Waals surface area contributed by atoms with Crippen LogP contribution >= 0.6 is 11.8 Å². The van der Waals surface area contributed by atoms with E-state index in [0.717, 1.165) is 4.90 Å². The fraction of sp³-hybridized carbons (Fsp3) is 0. The van der Waals surface area contributed by atoms with Gasteiger partial charge >= 0.3 is 0 Å². The van der Waals surface area contributed by atoms with Crippen LogP contribution in [0.5, 0.6) is 0 Å². The van der Waals surface area contributed by atoms with E-state index in [0.29, 0.717) is 5.46 Å². The van der Waals surface area contributed by atoms with Crippen LogP contribution in [0.25, 0.3) is 0 Å². The van der Waals surface area contributed by atoms with Crippen LogP contribution in [0.2, 0.25) is 0 Å². The van der Waals surface area contributed by atoms with Crippen LogP contribution in [0.4, 0.5) is 0 Å². The Hall–Kier alpha value is -1.22. The summed E-state index contributed by atoms with van der Waals surface area (Å²) in [6.07, 6.45) is 3.46. The summed E-state index contributed by atoms with van der Waals surface area (Å²) < 4.78 is 0. The second-order valence-corrected chi connectivity index (χ2v) is 4.02. The van der Waals surface area contributed by atoms with Crippen molar-refractivity contribution in [3.63, 3.8) is 0 Å². The second kappa shape index (κ2) is 4.33. The van der Waals surface area contributed by atoms with Crippen LogP contribution in [-0.4, -0.2) is 12.8 Å². The van der Waals surface area contributed by atoms with E-state index in [1.54, 1.807) is 18.0 Å². The number of pyridine rings is 1. The highest BCUT2D eigenvalue weighted by Crippen LogP contribution is 2.25. The largest absolute Gasteiger partial charge is 0.264 e. The van der Waals surface area contributed by atoms with Gasteiger partial charge in [-0.25, -0.2) is 0 Å². The van der Waals surface area contributed by atoms with E-state index in [-0.39, 0.29) is 0 Å². The molecule has 0 saturated heterocycles. The fourth-order valence-corrected chi connectivity index (χ4v) is 1.99. The third kappa shape index (κ3) is 2.39. The van der Waals surface area contributed by atoms with E-state index in [1.807, 2.05) is 30.5 Å². The zero-order valence-corrected chi connectivity index (χ0v) is 8.37. The lowest BCUT2D eigenvalue weighted by molar-refractivity contribution is 1.25. The smallest absolute Gasteiger partial charge is 0.116 e. The molecule has 1 aromatic heterocycles. The Balaban J connectivity index is 2.19. The number of aromatic nitrogens is 1. The van der Waals surface area contributed by atoms with Crippen LogP contribution < -0.4 is 5.46 Å².